The highest BCUT2D eigenvalue weighted by Gasteiger charge is 2.11. The molecular formula is C12H16N2O3S. The summed E-state index contributed by atoms with van der Waals surface area (Å²) in [6.45, 7) is 1.87. The van der Waals surface area contributed by atoms with Gasteiger partial charge in [-0.05, 0) is 31.2 Å². The van der Waals surface area contributed by atoms with Gasteiger partial charge < -0.3 is 20.5 Å². The second-order valence-electron chi connectivity index (χ2n) is 3.65. The SMILES string of the molecule is COC(C)C(=O)Nc1ccc(OCC(N)=S)cc1. The Labute approximate surface area is 111 Å². The second-order valence-corrected chi connectivity index (χ2v) is 4.17. The van der Waals surface area contributed by atoms with E-state index in [9.17, 15) is 4.79 Å². The van der Waals surface area contributed by atoms with E-state index >= 15 is 0 Å². The third-order valence-corrected chi connectivity index (χ3v) is 2.34. The van der Waals surface area contributed by atoms with E-state index in [1.165, 1.54) is 7.11 Å². The van der Waals surface area contributed by atoms with Gasteiger partial charge in [-0.15, -0.1) is 0 Å². The highest BCUT2D eigenvalue weighted by molar-refractivity contribution is 7.80. The summed E-state index contributed by atoms with van der Waals surface area (Å²) in [4.78, 5) is 11.8. The van der Waals surface area contributed by atoms with Crippen LogP contribution in [0.3, 0.4) is 0 Å². The minimum atomic E-state index is -0.490. The molecule has 1 unspecified atom stereocenters. The summed E-state index contributed by atoms with van der Waals surface area (Å²) in [5, 5.41) is 2.71. The van der Waals surface area contributed by atoms with E-state index < -0.39 is 6.10 Å². The predicted octanol–water partition coefficient (Wildman–Crippen LogP) is 1.32. The topological polar surface area (TPSA) is 73.6 Å². The molecule has 0 bridgehead atoms. The first-order chi connectivity index (χ1) is 8.52. The Hall–Kier alpha value is -1.66. The highest BCUT2D eigenvalue weighted by Crippen LogP contribution is 2.15. The van der Waals surface area contributed by atoms with E-state index in [2.05, 4.69) is 5.32 Å². The first kappa shape index (κ1) is 14.4. The highest BCUT2D eigenvalue weighted by atomic mass is 32.1. The Morgan fingerprint density at radius 1 is 1.44 bits per heavy atom. The molecule has 1 aromatic rings. The molecule has 0 heterocycles. The van der Waals surface area contributed by atoms with Gasteiger partial charge in [0.05, 0.1) is 0 Å². The van der Waals surface area contributed by atoms with Crippen LogP contribution in [0.2, 0.25) is 0 Å². The summed E-state index contributed by atoms with van der Waals surface area (Å²) in [6, 6.07) is 6.92. The lowest BCUT2D eigenvalue weighted by Crippen LogP contribution is -2.26. The van der Waals surface area contributed by atoms with Gasteiger partial charge in [0, 0.05) is 12.8 Å². The Balaban J connectivity index is 2.55. The summed E-state index contributed by atoms with van der Waals surface area (Å²) in [5.41, 5.74) is 5.99. The number of benzene rings is 1. The van der Waals surface area contributed by atoms with E-state index in [4.69, 9.17) is 27.4 Å². The van der Waals surface area contributed by atoms with Gasteiger partial charge in [-0.3, -0.25) is 4.79 Å². The number of nitrogens with one attached hydrogen (secondary N) is 1. The van der Waals surface area contributed by atoms with Crippen LogP contribution in [-0.4, -0.2) is 30.7 Å². The predicted molar refractivity (Wildman–Crippen MR) is 73.8 cm³/mol. The molecule has 0 spiro atoms. The molecule has 18 heavy (non-hydrogen) atoms. The van der Waals surface area contributed by atoms with Crippen LogP contribution in [0.4, 0.5) is 5.69 Å². The van der Waals surface area contributed by atoms with Crippen LogP contribution >= 0.6 is 12.2 Å². The number of hydrogen-bond donors (Lipinski definition) is 2. The minimum Gasteiger partial charge on any atom is -0.487 e. The lowest BCUT2D eigenvalue weighted by molar-refractivity contribution is -0.124. The van der Waals surface area contributed by atoms with Crippen molar-refractivity contribution in [2.24, 2.45) is 5.73 Å². The smallest absolute Gasteiger partial charge is 0.253 e. The number of carbonyl (C=O) groups excluding carboxylic acids is 1. The molecule has 1 rings (SSSR count). The standard InChI is InChI=1S/C12H16N2O3S/c1-8(16-2)12(15)14-9-3-5-10(6-4-9)17-7-11(13)18/h3-6,8H,7H2,1-2H3,(H2,13,18)(H,14,15). The van der Waals surface area contributed by atoms with Gasteiger partial charge in [-0.2, -0.15) is 0 Å². The van der Waals surface area contributed by atoms with E-state index in [1.54, 1.807) is 31.2 Å². The maximum absolute atomic E-state index is 11.5. The first-order valence-electron chi connectivity index (χ1n) is 5.37. The molecule has 5 nitrogen and oxygen atoms in total. The minimum absolute atomic E-state index is 0.196. The van der Waals surface area contributed by atoms with Crippen molar-refractivity contribution in [2.75, 3.05) is 19.0 Å². The van der Waals surface area contributed by atoms with Crippen LogP contribution in [0.15, 0.2) is 24.3 Å². The van der Waals surface area contributed by atoms with Crippen molar-refractivity contribution in [2.45, 2.75) is 13.0 Å². The summed E-state index contributed by atoms with van der Waals surface area (Å²) in [5.74, 6) is 0.440. The maximum atomic E-state index is 11.5. The van der Waals surface area contributed by atoms with E-state index in [0.29, 0.717) is 16.4 Å². The number of ether oxygens (including phenoxy) is 2. The van der Waals surface area contributed by atoms with Crippen LogP contribution in [0, 0.1) is 0 Å². The molecule has 0 fully saturated rings. The molecule has 0 aliphatic heterocycles. The number of carbonyl (C=O) groups is 1. The number of methoxy groups -OCH3 is 1. The zero-order chi connectivity index (χ0) is 13.5. The fourth-order valence-corrected chi connectivity index (χ4v) is 1.20. The number of anilines is 1. The van der Waals surface area contributed by atoms with Gasteiger partial charge in [0.1, 0.15) is 23.4 Å². The van der Waals surface area contributed by atoms with Crippen molar-refractivity contribution >= 4 is 28.8 Å². The number of hydrogen-bond acceptors (Lipinski definition) is 4. The third kappa shape index (κ3) is 4.68. The average molecular weight is 268 g/mol. The fraction of sp³-hybridized carbons (Fsp3) is 0.333. The van der Waals surface area contributed by atoms with Gasteiger partial charge in [0.15, 0.2) is 0 Å². The zero-order valence-corrected chi connectivity index (χ0v) is 11.1. The van der Waals surface area contributed by atoms with Crippen LogP contribution < -0.4 is 15.8 Å². The third-order valence-electron chi connectivity index (χ3n) is 2.23. The Morgan fingerprint density at radius 3 is 2.56 bits per heavy atom. The number of nitrogens with two attached hydrogens (primary N) is 1. The van der Waals surface area contributed by atoms with Crippen LogP contribution in [0.1, 0.15) is 6.92 Å². The van der Waals surface area contributed by atoms with E-state index in [1.807, 2.05) is 0 Å². The van der Waals surface area contributed by atoms with Gasteiger partial charge in [-0.25, -0.2) is 0 Å². The van der Waals surface area contributed by atoms with Crippen molar-refractivity contribution in [3.63, 3.8) is 0 Å². The van der Waals surface area contributed by atoms with Crippen LogP contribution in [0.5, 0.6) is 5.75 Å². The summed E-state index contributed by atoms with van der Waals surface area (Å²) >= 11 is 4.70. The van der Waals surface area contributed by atoms with Crippen molar-refractivity contribution in [1.29, 1.82) is 0 Å². The molecule has 3 N–H and O–H groups in total. The van der Waals surface area contributed by atoms with E-state index in [-0.39, 0.29) is 12.5 Å². The average Bonchev–Trinajstić information content (AvgIpc) is 2.36. The van der Waals surface area contributed by atoms with Crippen LogP contribution in [0.25, 0.3) is 0 Å². The summed E-state index contributed by atoms with van der Waals surface area (Å²) in [6.07, 6.45) is -0.490. The van der Waals surface area contributed by atoms with Crippen molar-refractivity contribution < 1.29 is 14.3 Å². The normalized spacial score (nSPS) is 11.7. The zero-order valence-electron chi connectivity index (χ0n) is 10.3. The Kier molecular flexibility index (Phi) is 5.54. The van der Waals surface area contributed by atoms with Gasteiger partial charge in [-0.1, -0.05) is 12.2 Å². The molecule has 0 saturated carbocycles. The number of thiocarbonyl (C=S) groups is 1. The lowest BCUT2D eigenvalue weighted by Gasteiger charge is -2.11. The Morgan fingerprint density at radius 2 is 2.06 bits per heavy atom. The molecule has 1 amide bonds. The quantitative estimate of drug-likeness (QED) is 0.761. The first-order valence-corrected chi connectivity index (χ1v) is 5.78. The van der Waals surface area contributed by atoms with Crippen molar-refractivity contribution in [3.8, 4) is 5.75 Å². The molecule has 0 aliphatic carbocycles. The lowest BCUT2D eigenvalue weighted by atomic mass is 10.3. The van der Waals surface area contributed by atoms with E-state index in [0.717, 1.165) is 0 Å². The number of rotatable bonds is 6. The fourth-order valence-electron chi connectivity index (χ4n) is 1.14. The molecule has 0 saturated heterocycles. The molecule has 98 valence electrons. The molecule has 6 heteroatoms. The maximum Gasteiger partial charge on any atom is 0.253 e. The molecule has 1 atom stereocenters. The van der Waals surface area contributed by atoms with Gasteiger partial charge in [0.25, 0.3) is 5.91 Å². The monoisotopic (exact) mass is 268 g/mol. The molecule has 0 radical (unpaired) electrons. The van der Waals surface area contributed by atoms with Crippen molar-refractivity contribution in [1.82, 2.24) is 0 Å². The molecular weight excluding hydrogens is 252 g/mol. The molecule has 0 aliphatic rings. The Bertz CT molecular complexity index is 420. The second kappa shape index (κ2) is 6.93. The van der Waals surface area contributed by atoms with Gasteiger partial charge >= 0.3 is 0 Å². The molecule has 1 aromatic carbocycles. The van der Waals surface area contributed by atoms with Crippen molar-refractivity contribution in [3.05, 3.63) is 24.3 Å². The summed E-state index contributed by atoms with van der Waals surface area (Å²) in [7, 11) is 1.48. The van der Waals surface area contributed by atoms with Crippen LogP contribution in [-0.2, 0) is 9.53 Å². The largest absolute Gasteiger partial charge is 0.487 e. The number of amides is 1. The van der Waals surface area contributed by atoms with Gasteiger partial charge in [0.2, 0.25) is 0 Å². The molecule has 0 aromatic heterocycles. The summed E-state index contributed by atoms with van der Waals surface area (Å²) < 4.78 is 10.2.